The van der Waals surface area contributed by atoms with Gasteiger partial charge in [0.15, 0.2) is 0 Å². The number of aryl methyl sites for hydroxylation is 1. The average Bonchev–Trinajstić information content (AvgIpc) is 2.48. The van der Waals surface area contributed by atoms with Gasteiger partial charge in [-0.1, -0.05) is 6.92 Å². The summed E-state index contributed by atoms with van der Waals surface area (Å²) in [5, 5.41) is 2.97. The summed E-state index contributed by atoms with van der Waals surface area (Å²) in [6.07, 6.45) is 2.47. The zero-order valence-corrected chi connectivity index (χ0v) is 12.9. The number of hydrogen-bond acceptors (Lipinski definition) is 4. The van der Waals surface area contributed by atoms with Crippen molar-refractivity contribution in [2.24, 2.45) is 0 Å². The van der Waals surface area contributed by atoms with Crippen molar-refractivity contribution < 1.29 is 4.79 Å². The number of nitrogens with two attached hydrogens (primary N) is 1. The number of carbonyl (C=O) groups is 1. The van der Waals surface area contributed by atoms with Crippen LogP contribution in [0, 0.1) is 0 Å². The van der Waals surface area contributed by atoms with E-state index in [4.69, 9.17) is 5.73 Å². The van der Waals surface area contributed by atoms with E-state index in [1.807, 2.05) is 6.07 Å². The van der Waals surface area contributed by atoms with Crippen molar-refractivity contribution in [3.8, 4) is 0 Å². The molecule has 3 rings (SSSR count). The Morgan fingerprint density at radius 3 is 2.90 bits per heavy atom. The second kappa shape index (κ2) is 5.56. The third-order valence-electron chi connectivity index (χ3n) is 4.74. The van der Waals surface area contributed by atoms with Crippen LogP contribution < -0.4 is 16.0 Å². The number of amides is 1. The summed E-state index contributed by atoms with van der Waals surface area (Å²) in [6.45, 7) is 5.23. The van der Waals surface area contributed by atoms with Gasteiger partial charge in [0.25, 0.3) is 0 Å². The van der Waals surface area contributed by atoms with E-state index in [1.54, 1.807) is 0 Å². The van der Waals surface area contributed by atoms with Crippen molar-refractivity contribution in [3.63, 3.8) is 0 Å². The SMILES string of the molecule is CCC1CN(c2cc3c(cc2N)CCC(=O)N3)CCN1C. The molecule has 1 amide bonds. The second-order valence-corrected chi connectivity index (χ2v) is 6.11. The van der Waals surface area contributed by atoms with Crippen molar-refractivity contribution in [2.75, 3.05) is 42.6 Å². The van der Waals surface area contributed by atoms with Crippen LogP contribution in [0.2, 0.25) is 0 Å². The van der Waals surface area contributed by atoms with E-state index >= 15 is 0 Å². The summed E-state index contributed by atoms with van der Waals surface area (Å²) in [6, 6.07) is 4.65. The minimum atomic E-state index is 0.100. The first-order valence-electron chi connectivity index (χ1n) is 7.76. The summed E-state index contributed by atoms with van der Waals surface area (Å²) in [5.41, 5.74) is 10.2. The predicted octanol–water partition coefficient (Wildman–Crippen LogP) is 1.68. The molecule has 1 atom stereocenters. The van der Waals surface area contributed by atoms with E-state index in [-0.39, 0.29) is 5.91 Å². The van der Waals surface area contributed by atoms with Gasteiger partial charge < -0.3 is 16.0 Å². The maximum Gasteiger partial charge on any atom is 0.224 e. The van der Waals surface area contributed by atoms with Gasteiger partial charge in [0.1, 0.15) is 0 Å². The summed E-state index contributed by atoms with van der Waals surface area (Å²) in [5.74, 6) is 0.100. The normalized spacial score (nSPS) is 22.9. The summed E-state index contributed by atoms with van der Waals surface area (Å²) >= 11 is 0. The first kappa shape index (κ1) is 14.2. The van der Waals surface area contributed by atoms with Gasteiger partial charge in [-0.15, -0.1) is 0 Å². The highest BCUT2D eigenvalue weighted by atomic mass is 16.1. The van der Waals surface area contributed by atoms with Crippen LogP contribution in [-0.2, 0) is 11.2 Å². The molecule has 1 saturated heterocycles. The van der Waals surface area contributed by atoms with Gasteiger partial charge in [-0.3, -0.25) is 9.69 Å². The van der Waals surface area contributed by atoms with Crippen molar-refractivity contribution in [3.05, 3.63) is 17.7 Å². The number of anilines is 3. The lowest BCUT2D eigenvalue weighted by Gasteiger charge is -2.41. The molecule has 0 aliphatic carbocycles. The van der Waals surface area contributed by atoms with Gasteiger partial charge in [-0.05, 0) is 37.6 Å². The fourth-order valence-corrected chi connectivity index (χ4v) is 3.32. The van der Waals surface area contributed by atoms with E-state index in [2.05, 4.69) is 35.2 Å². The third-order valence-corrected chi connectivity index (χ3v) is 4.74. The first-order chi connectivity index (χ1) is 10.1. The molecule has 0 spiro atoms. The molecule has 2 aliphatic rings. The third kappa shape index (κ3) is 2.70. The molecule has 114 valence electrons. The lowest BCUT2D eigenvalue weighted by atomic mass is 10.0. The van der Waals surface area contributed by atoms with Crippen molar-refractivity contribution in [1.29, 1.82) is 0 Å². The van der Waals surface area contributed by atoms with E-state index < -0.39 is 0 Å². The number of likely N-dealkylation sites (N-methyl/N-ethyl adjacent to an activating group) is 1. The molecule has 0 radical (unpaired) electrons. The number of nitrogens with zero attached hydrogens (tertiary/aromatic N) is 2. The fraction of sp³-hybridized carbons (Fsp3) is 0.562. The topological polar surface area (TPSA) is 61.6 Å². The Bertz CT molecular complexity index is 557. The minimum Gasteiger partial charge on any atom is -0.397 e. The molecule has 0 aromatic heterocycles. The number of nitrogen functional groups attached to an aromatic ring is 1. The highest BCUT2D eigenvalue weighted by molar-refractivity contribution is 5.95. The number of nitrogens with one attached hydrogen (secondary N) is 1. The lowest BCUT2D eigenvalue weighted by Crippen LogP contribution is -2.51. The van der Waals surface area contributed by atoms with Crippen molar-refractivity contribution in [2.45, 2.75) is 32.2 Å². The molecule has 5 heteroatoms. The average molecular weight is 288 g/mol. The molecular weight excluding hydrogens is 264 g/mol. The molecule has 3 N–H and O–H groups in total. The Balaban J connectivity index is 1.88. The van der Waals surface area contributed by atoms with E-state index in [1.165, 1.54) is 0 Å². The van der Waals surface area contributed by atoms with Crippen LogP contribution in [0.5, 0.6) is 0 Å². The zero-order valence-electron chi connectivity index (χ0n) is 12.9. The molecule has 5 nitrogen and oxygen atoms in total. The maximum absolute atomic E-state index is 11.6. The monoisotopic (exact) mass is 288 g/mol. The highest BCUT2D eigenvalue weighted by Crippen LogP contribution is 2.34. The minimum absolute atomic E-state index is 0.100. The van der Waals surface area contributed by atoms with Gasteiger partial charge in [0, 0.05) is 37.8 Å². The van der Waals surface area contributed by atoms with Gasteiger partial charge in [-0.25, -0.2) is 0 Å². The lowest BCUT2D eigenvalue weighted by molar-refractivity contribution is -0.116. The van der Waals surface area contributed by atoms with Crippen LogP contribution in [0.1, 0.15) is 25.3 Å². The number of piperazine rings is 1. The number of carbonyl (C=O) groups excluding carboxylic acids is 1. The van der Waals surface area contributed by atoms with Crippen LogP contribution in [0.4, 0.5) is 17.1 Å². The van der Waals surface area contributed by atoms with Crippen LogP contribution >= 0.6 is 0 Å². The highest BCUT2D eigenvalue weighted by Gasteiger charge is 2.25. The molecule has 2 heterocycles. The Hall–Kier alpha value is -1.75. The molecular formula is C16H24N4O. The van der Waals surface area contributed by atoms with Crippen LogP contribution in [-0.4, -0.2) is 43.5 Å². The van der Waals surface area contributed by atoms with Crippen LogP contribution in [0.3, 0.4) is 0 Å². The van der Waals surface area contributed by atoms with Gasteiger partial charge in [0.2, 0.25) is 5.91 Å². The van der Waals surface area contributed by atoms with Gasteiger partial charge >= 0.3 is 0 Å². The fourth-order valence-electron chi connectivity index (χ4n) is 3.32. The van der Waals surface area contributed by atoms with E-state index in [9.17, 15) is 4.79 Å². The summed E-state index contributed by atoms with van der Waals surface area (Å²) in [4.78, 5) is 16.3. The number of benzene rings is 1. The maximum atomic E-state index is 11.6. The van der Waals surface area contributed by atoms with Crippen molar-refractivity contribution >= 4 is 23.0 Å². The molecule has 1 aromatic rings. The van der Waals surface area contributed by atoms with Crippen LogP contribution in [0.15, 0.2) is 12.1 Å². The Labute approximate surface area is 126 Å². The molecule has 0 saturated carbocycles. The standard InChI is InChI=1S/C16H24N4O/c1-3-12-10-20(7-6-19(12)2)15-9-14-11(8-13(15)17)4-5-16(21)18-14/h8-9,12H,3-7,10,17H2,1-2H3,(H,18,21). The molecule has 2 aliphatic heterocycles. The smallest absolute Gasteiger partial charge is 0.224 e. The molecule has 0 bridgehead atoms. The van der Waals surface area contributed by atoms with E-state index in [0.29, 0.717) is 12.5 Å². The summed E-state index contributed by atoms with van der Waals surface area (Å²) in [7, 11) is 2.18. The number of rotatable bonds is 2. The molecule has 1 fully saturated rings. The van der Waals surface area contributed by atoms with Gasteiger partial charge in [-0.2, -0.15) is 0 Å². The second-order valence-electron chi connectivity index (χ2n) is 6.11. The van der Waals surface area contributed by atoms with Crippen molar-refractivity contribution in [1.82, 2.24) is 4.90 Å². The number of hydrogen-bond donors (Lipinski definition) is 2. The zero-order chi connectivity index (χ0) is 15.0. The summed E-state index contributed by atoms with van der Waals surface area (Å²) < 4.78 is 0. The quantitative estimate of drug-likeness (QED) is 0.813. The molecule has 21 heavy (non-hydrogen) atoms. The predicted molar refractivity (Wildman–Crippen MR) is 86.7 cm³/mol. The molecule has 1 aromatic carbocycles. The van der Waals surface area contributed by atoms with E-state index in [0.717, 1.165) is 55.1 Å². The van der Waals surface area contributed by atoms with Gasteiger partial charge in [0.05, 0.1) is 11.4 Å². The Kier molecular flexibility index (Phi) is 3.76. The number of fused-ring (bicyclic) bond motifs is 1. The largest absolute Gasteiger partial charge is 0.397 e. The Morgan fingerprint density at radius 2 is 2.14 bits per heavy atom. The van der Waals surface area contributed by atoms with Crippen LogP contribution in [0.25, 0.3) is 0 Å². The first-order valence-corrected chi connectivity index (χ1v) is 7.76. The Morgan fingerprint density at radius 1 is 1.33 bits per heavy atom. The molecule has 1 unspecified atom stereocenters.